The van der Waals surface area contributed by atoms with Crippen LogP contribution in [0.2, 0.25) is 0 Å². The molecule has 2 heterocycles. The van der Waals surface area contributed by atoms with Crippen LogP contribution in [0.25, 0.3) is 6.08 Å². The number of benzene rings is 2. The second-order valence-electron chi connectivity index (χ2n) is 8.85. The third kappa shape index (κ3) is 5.43. The summed E-state index contributed by atoms with van der Waals surface area (Å²) in [7, 11) is 0. The van der Waals surface area contributed by atoms with E-state index in [2.05, 4.69) is 24.5 Å². The van der Waals surface area contributed by atoms with Gasteiger partial charge >= 0.3 is 0 Å². The molecule has 2 aliphatic rings. The SMILES string of the molecule is CC1CCCC(C)[NH+]1CCCNC(=O)c1ccc2c(c1)NC(=O)C(=Cc1ccccc1)S2. The number of carbonyl (C=O) groups excluding carboxylic acids is 2. The highest BCUT2D eigenvalue weighted by Crippen LogP contribution is 2.39. The molecule has 32 heavy (non-hydrogen) atoms. The Hall–Kier alpha value is -2.57. The molecule has 2 aromatic carbocycles. The molecule has 3 N–H and O–H groups in total. The van der Waals surface area contributed by atoms with Crippen molar-refractivity contribution in [1.82, 2.24) is 5.32 Å². The summed E-state index contributed by atoms with van der Waals surface area (Å²) >= 11 is 1.43. The lowest BCUT2D eigenvalue weighted by atomic mass is 9.97. The molecule has 0 bridgehead atoms. The molecule has 4 rings (SSSR count). The molecule has 2 aliphatic heterocycles. The second kappa shape index (κ2) is 10.4. The zero-order valence-corrected chi connectivity index (χ0v) is 19.6. The maximum Gasteiger partial charge on any atom is 0.262 e. The van der Waals surface area contributed by atoms with Gasteiger partial charge in [-0.1, -0.05) is 42.1 Å². The molecule has 5 nitrogen and oxygen atoms in total. The summed E-state index contributed by atoms with van der Waals surface area (Å²) in [6.07, 6.45) is 6.79. The van der Waals surface area contributed by atoms with Crippen molar-refractivity contribution in [1.29, 1.82) is 0 Å². The van der Waals surface area contributed by atoms with Crippen LogP contribution in [0.3, 0.4) is 0 Å². The largest absolute Gasteiger partial charge is 0.352 e. The maximum atomic E-state index is 12.6. The van der Waals surface area contributed by atoms with Gasteiger partial charge in [-0.25, -0.2) is 0 Å². The molecule has 2 unspecified atom stereocenters. The number of amides is 2. The lowest BCUT2D eigenvalue weighted by Crippen LogP contribution is -3.19. The zero-order valence-electron chi connectivity index (χ0n) is 18.8. The molecule has 168 valence electrons. The van der Waals surface area contributed by atoms with Gasteiger partial charge in [0.25, 0.3) is 11.8 Å². The molecular weight excluding hydrogens is 418 g/mol. The van der Waals surface area contributed by atoms with Gasteiger partial charge in [-0.2, -0.15) is 0 Å². The third-order valence-corrected chi connectivity index (χ3v) is 7.60. The number of rotatable bonds is 6. The van der Waals surface area contributed by atoms with Gasteiger partial charge in [0, 0.05) is 23.4 Å². The lowest BCUT2D eigenvalue weighted by Gasteiger charge is -2.35. The molecule has 0 aromatic heterocycles. The van der Waals surface area contributed by atoms with E-state index in [1.54, 1.807) is 11.0 Å². The highest BCUT2D eigenvalue weighted by molar-refractivity contribution is 8.04. The van der Waals surface area contributed by atoms with Crippen LogP contribution in [-0.2, 0) is 4.79 Å². The minimum atomic E-state index is -0.142. The number of fused-ring (bicyclic) bond motifs is 1. The van der Waals surface area contributed by atoms with E-state index in [1.807, 2.05) is 48.5 Å². The summed E-state index contributed by atoms with van der Waals surface area (Å²) in [5, 5.41) is 5.98. The standard InChI is InChI=1S/C26H31N3O2S/c1-18-8-6-9-19(2)29(18)15-7-14-27-25(30)21-12-13-23-22(17-21)28-26(31)24(32-23)16-20-10-4-3-5-11-20/h3-5,10-13,16-19H,6-9,14-15H2,1-2H3,(H,27,30)(H,28,31)/p+1. The Morgan fingerprint density at radius 1 is 1.16 bits per heavy atom. The molecule has 0 aliphatic carbocycles. The molecule has 0 spiro atoms. The van der Waals surface area contributed by atoms with E-state index in [-0.39, 0.29) is 11.8 Å². The number of hydrogen-bond donors (Lipinski definition) is 3. The smallest absolute Gasteiger partial charge is 0.262 e. The van der Waals surface area contributed by atoms with Crippen molar-refractivity contribution in [2.24, 2.45) is 0 Å². The molecular formula is C26H32N3O2S+. The Morgan fingerprint density at radius 3 is 2.66 bits per heavy atom. The Bertz CT molecular complexity index is 995. The lowest BCUT2D eigenvalue weighted by molar-refractivity contribution is -0.951. The Kier molecular flexibility index (Phi) is 7.33. The Morgan fingerprint density at radius 2 is 1.91 bits per heavy atom. The summed E-state index contributed by atoms with van der Waals surface area (Å²) in [5.41, 5.74) is 2.25. The van der Waals surface area contributed by atoms with Crippen molar-refractivity contribution in [2.75, 3.05) is 18.4 Å². The first-order valence-corrected chi connectivity index (χ1v) is 12.4. The van der Waals surface area contributed by atoms with E-state index < -0.39 is 0 Å². The predicted molar refractivity (Wildman–Crippen MR) is 131 cm³/mol. The average Bonchev–Trinajstić information content (AvgIpc) is 2.79. The van der Waals surface area contributed by atoms with E-state index in [0.29, 0.717) is 34.8 Å². The van der Waals surface area contributed by atoms with Crippen molar-refractivity contribution in [3.05, 3.63) is 64.6 Å². The number of nitrogens with one attached hydrogen (secondary N) is 3. The van der Waals surface area contributed by atoms with Crippen LogP contribution < -0.4 is 15.5 Å². The van der Waals surface area contributed by atoms with E-state index in [0.717, 1.165) is 23.4 Å². The van der Waals surface area contributed by atoms with Crippen LogP contribution in [0, 0.1) is 0 Å². The fourth-order valence-corrected chi connectivity index (χ4v) is 5.61. The number of quaternary nitrogens is 1. The van der Waals surface area contributed by atoms with Crippen molar-refractivity contribution >= 4 is 35.3 Å². The van der Waals surface area contributed by atoms with E-state index in [9.17, 15) is 9.59 Å². The molecule has 1 saturated heterocycles. The van der Waals surface area contributed by atoms with Gasteiger partial charge in [0.15, 0.2) is 0 Å². The fourth-order valence-electron chi connectivity index (χ4n) is 4.68. The highest BCUT2D eigenvalue weighted by Gasteiger charge is 2.27. The fraction of sp³-hybridized carbons (Fsp3) is 0.385. The summed E-state index contributed by atoms with van der Waals surface area (Å²) in [4.78, 5) is 28.5. The highest BCUT2D eigenvalue weighted by atomic mass is 32.2. The summed E-state index contributed by atoms with van der Waals surface area (Å²) in [6, 6.07) is 16.7. The van der Waals surface area contributed by atoms with Crippen molar-refractivity contribution in [3.63, 3.8) is 0 Å². The molecule has 2 amide bonds. The second-order valence-corrected chi connectivity index (χ2v) is 9.94. The van der Waals surface area contributed by atoms with E-state index in [1.165, 1.54) is 31.0 Å². The van der Waals surface area contributed by atoms with Gasteiger partial charge in [0.1, 0.15) is 0 Å². The number of hydrogen-bond acceptors (Lipinski definition) is 3. The summed E-state index contributed by atoms with van der Waals surface area (Å²) in [6.45, 7) is 6.44. The number of thioether (sulfide) groups is 1. The predicted octanol–water partition coefficient (Wildman–Crippen LogP) is 3.74. The topological polar surface area (TPSA) is 62.6 Å². The first-order chi connectivity index (χ1) is 15.5. The number of carbonyl (C=O) groups is 2. The van der Waals surface area contributed by atoms with Crippen LogP contribution in [0.5, 0.6) is 0 Å². The van der Waals surface area contributed by atoms with Crippen LogP contribution in [0.15, 0.2) is 58.3 Å². The van der Waals surface area contributed by atoms with E-state index in [4.69, 9.17) is 0 Å². The quantitative estimate of drug-likeness (QED) is 0.464. The third-order valence-electron chi connectivity index (χ3n) is 6.50. The first kappa shape index (κ1) is 22.6. The summed E-state index contributed by atoms with van der Waals surface area (Å²) in [5.74, 6) is -0.232. The number of piperidine rings is 1. The van der Waals surface area contributed by atoms with Crippen molar-refractivity contribution < 1.29 is 14.5 Å². The number of likely N-dealkylation sites (tertiary alicyclic amines) is 1. The van der Waals surface area contributed by atoms with Crippen LogP contribution in [0.1, 0.15) is 55.5 Å². The molecule has 1 fully saturated rings. The zero-order chi connectivity index (χ0) is 22.5. The maximum absolute atomic E-state index is 12.6. The van der Waals surface area contributed by atoms with Crippen LogP contribution >= 0.6 is 11.8 Å². The van der Waals surface area contributed by atoms with Gasteiger partial charge in [-0.15, -0.1) is 0 Å². The minimum absolute atomic E-state index is 0.0904. The Labute approximate surface area is 194 Å². The van der Waals surface area contributed by atoms with Gasteiger partial charge in [0.2, 0.25) is 0 Å². The molecule has 0 radical (unpaired) electrons. The normalized spacial score (nSPS) is 24.0. The Balaban J connectivity index is 1.33. The minimum Gasteiger partial charge on any atom is -0.352 e. The molecule has 0 saturated carbocycles. The number of anilines is 1. The van der Waals surface area contributed by atoms with Crippen molar-refractivity contribution in [2.45, 2.75) is 56.5 Å². The van der Waals surface area contributed by atoms with Crippen LogP contribution in [-0.4, -0.2) is 37.0 Å². The molecule has 6 heteroatoms. The molecule has 2 aromatic rings. The van der Waals surface area contributed by atoms with E-state index >= 15 is 0 Å². The molecule has 2 atom stereocenters. The first-order valence-electron chi connectivity index (χ1n) is 11.5. The van der Waals surface area contributed by atoms with Crippen molar-refractivity contribution in [3.8, 4) is 0 Å². The van der Waals surface area contributed by atoms with Gasteiger partial charge < -0.3 is 15.5 Å². The van der Waals surface area contributed by atoms with Gasteiger partial charge in [0.05, 0.1) is 29.2 Å². The van der Waals surface area contributed by atoms with Gasteiger partial charge in [-0.3, -0.25) is 9.59 Å². The monoisotopic (exact) mass is 450 g/mol. The average molecular weight is 451 g/mol. The van der Waals surface area contributed by atoms with Crippen LogP contribution in [0.4, 0.5) is 5.69 Å². The van der Waals surface area contributed by atoms with Gasteiger partial charge in [-0.05, 0) is 62.9 Å². The summed E-state index contributed by atoms with van der Waals surface area (Å²) < 4.78 is 0.